The number of aryl methyl sites for hydroxylation is 1. The molecular formula is C13H13N3O. The topological polar surface area (TPSA) is 54.9 Å². The molecule has 1 amide bonds. The fourth-order valence-electron chi connectivity index (χ4n) is 1.58. The molecule has 2 rings (SSSR count). The van der Waals surface area contributed by atoms with E-state index in [1.165, 1.54) is 6.92 Å². The average molecular weight is 227 g/mol. The Balaban J connectivity index is 2.30. The summed E-state index contributed by atoms with van der Waals surface area (Å²) >= 11 is 0. The molecule has 1 aromatic carbocycles. The van der Waals surface area contributed by atoms with Crippen LogP contribution in [-0.4, -0.2) is 16.1 Å². The van der Waals surface area contributed by atoms with E-state index < -0.39 is 0 Å². The Kier molecular flexibility index (Phi) is 3.14. The van der Waals surface area contributed by atoms with Gasteiger partial charge in [0.15, 0.2) is 5.82 Å². The summed E-state index contributed by atoms with van der Waals surface area (Å²) in [6.45, 7) is 3.47. The predicted octanol–water partition coefficient (Wildman–Crippen LogP) is 2.41. The van der Waals surface area contributed by atoms with Crippen LogP contribution in [0.3, 0.4) is 0 Å². The van der Waals surface area contributed by atoms with E-state index in [-0.39, 0.29) is 5.91 Å². The number of benzene rings is 1. The predicted molar refractivity (Wildman–Crippen MR) is 66.5 cm³/mol. The lowest BCUT2D eigenvalue weighted by Gasteiger charge is -2.05. The van der Waals surface area contributed by atoms with Gasteiger partial charge in [0, 0.05) is 12.5 Å². The highest BCUT2D eigenvalue weighted by Gasteiger charge is 2.04. The van der Waals surface area contributed by atoms with E-state index in [1.807, 2.05) is 37.3 Å². The highest BCUT2D eigenvalue weighted by Crippen LogP contribution is 2.20. The zero-order chi connectivity index (χ0) is 12.3. The van der Waals surface area contributed by atoms with Gasteiger partial charge in [0.05, 0.1) is 5.69 Å². The molecule has 0 aliphatic rings. The van der Waals surface area contributed by atoms with Crippen LogP contribution in [0.1, 0.15) is 12.5 Å². The average Bonchev–Trinajstić information content (AvgIpc) is 2.30. The third-order valence-electron chi connectivity index (χ3n) is 2.39. The van der Waals surface area contributed by atoms with Gasteiger partial charge in [0.1, 0.15) is 0 Å². The van der Waals surface area contributed by atoms with Crippen molar-refractivity contribution in [3.05, 3.63) is 42.0 Å². The van der Waals surface area contributed by atoms with Gasteiger partial charge in [0.2, 0.25) is 5.91 Å². The van der Waals surface area contributed by atoms with Crippen LogP contribution in [0, 0.1) is 6.92 Å². The lowest BCUT2D eigenvalue weighted by Crippen LogP contribution is -2.08. The van der Waals surface area contributed by atoms with Crippen LogP contribution in [0.4, 0.5) is 5.82 Å². The standard InChI is InChI=1S/C13H13N3O/c1-9-5-3-4-6-11(9)12-7-8-13(16-15-12)14-10(2)17/h3-8H,1-2H3,(H,14,16,17). The van der Waals surface area contributed by atoms with Crippen LogP contribution in [-0.2, 0) is 4.79 Å². The Morgan fingerprint density at radius 2 is 1.88 bits per heavy atom. The van der Waals surface area contributed by atoms with Crippen molar-refractivity contribution in [2.24, 2.45) is 0 Å². The van der Waals surface area contributed by atoms with E-state index in [2.05, 4.69) is 15.5 Å². The largest absolute Gasteiger partial charge is 0.309 e. The number of nitrogens with zero attached hydrogens (tertiary/aromatic N) is 2. The highest BCUT2D eigenvalue weighted by atomic mass is 16.1. The van der Waals surface area contributed by atoms with Gasteiger partial charge in [-0.1, -0.05) is 24.3 Å². The van der Waals surface area contributed by atoms with Gasteiger partial charge < -0.3 is 5.32 Å². The Morgan fingerprint density at radius 3 is 2.47 bits per heavy atom. The first-order valence-corrected chi connectivity index (χ1v) is 5.34. The van der Waals surface area contributed by atoms with Crippen molar-refractivity contribution in [1.82, 2.24) is 10.2 Å². The second-order valence-electron chi connectivity index (χ2n) is 3.80. The summed E-state index contributed by atoms with van der Waals surface area (Å²) in [5, 5.41) is 10.6. The maximum Gasteiger partial charge on any atom is 0.222 e. The number of amides is 1. The Labute approximate surface area is 99.7 Å². The Hall–Kier alpha value is -2.23. The molecule has 0 fully saturated rings. The lowest BCUT2D eigenvalue weighted by atomic mass is 10.1. The van der Waals surface area contributed by atoms with Gasteiger partial charge in [-0.3, -0.25) is 4.79 Å². The SMILES string of the molecule is CC(=O)Nc1ccc(-c2ccccc2C)nn1. The molecule has 0 saturated heterocycles. The number of anilines is 1. The van der Waals surface area contributed by atoms with Crippen molar-refractivity contribution in [3.63, 3.8) is 0 Å². The first kappa shape index (κ1) is 11.3. The molecular weight excluding hydrogens is 214 g/mol. The molecule has 0 spiro atoms. The normalized spacial score (nSPS) is 10.0. The van der Waals surface area contributed by atoms with Gasteiger partial charge in [-0.2, -0.15) is 0 Å². The smallest absolute Gasteiger partial charge is 0.222 e. The van der Waals surface area contributed by atoms with Crippen molar-refractivity contribution in [2.75, 3.05) is 5.32 Å². The summed E-state index contributed by atoms with van der Waals surface area (Å²) in [5.74, 6) is 0.317. The maximum absolute atomic E-state index is 10.8. The van der Waals surface area contributed by atoms with Crippen molar-refractivity contribution in [3.8, 4) is 11.3 Å². The minimum atomic E-state index is -0.150. The quantitative estimate of drug-likeness (QED) is 0.857. The number of nitrogens with one attached hydrogen (secondary N) is 1. The van der Waals surface area contributed by atoms with Crippen LogP contribution >= 0.6 is 0 Å². The molecule has 4 nitrogen and oxygen atoms in total. The van der Waals surface area contributed by atoms with Crippen LogP contribution < -0.4 is 5.32 Å². The summed E-state index contributed by atoms with van der Waals surface area (Å²) < 4.78 is 0. The highest BCUT2D eigenvalue weighted by molar-refractivity contribution is 5.87. The molecule has 0 saturated carbocycles. The number of hydrogen-bond donors (Lipinski definition) is 1. The Morgan fingerprint density at radius 1 is 1.12 bits per heavy atom. The fraction of sp³-hybridized carbons (Fsp3) is 0.154. The van der Waals surface area contributed by atoms with E-state index in [1.54, 1.807) is 6.07 Å². The zero-order valence-electron chi connectivity index (χ0n) is 9.77. The molecule has 17 heavy (non-hydrogen) atoms. The minimum absolute atomic E-state index is 0.150. The minimum Gasteiger partial charge on any atom is -0.309 e. The van der Waals surface area contributed by atoms with Crippen LogP contribution in [0.5, 0.6) is 0 Å². The van der Waals surface area contributed by atoms with E-state index in [9.17, 15) is 4.79 Å². The van der Waals surface area contributed by atoms with Crippen molar-refractivity contribution in [1.29, 1.82) is 0 Å². The second kappa shape index (κ2) is 4.74. The molecule has 0 aliphatic carbocycles. The van der Waals surface area contributed by atoms with E-state index in [0.717, 1.165) is 16.8 Å². The summed E-state index contributed by atoms with van der Waals surface area (Å²) in [6.07, 6.45) is 0. The molecule has 0 radical (unpaired) electrons. The maximum atomic E-state index is 10.8. The Bertz CT molecular complexity index is 535. The first-order chi connectivity index (χ1) is 8.16. The summed E-state index contributed by atoms with van der Waals surface area (Å²) in [4.78, 5) is 10.8. The number of hydrogen-bond acceptors (Lipinski definition) is 3. The first-order valence-electron chi connectivity index (χ1n) is 5.34. The van der Waals surface area contributed by atoms with E-state index in [4.69, 9.17) is 0 Å². The second-order valence-corrected chi connectivity index (χ2v) is 3.80. The van der Waals surface area contributed by atoms with E-state index >= 15 is 0 Å². The summed E-state index contributed by atoms with van der Waals surface area (Å²) in [6, 6.07) is 11.6. The third-order valence-corrected chi connectivity index (χ3v) is 2.39. The molecule has 1 heterocycles. The number of carbonyl (C=O) groups excluding carboxylic acids is 1. The number of carbonyl (C=O) groups is 1. The van der Waals surface area contributed by atoms with Crippen molar-refractivity contribution in [2.45, 2.75) is 13.8 Å². The summed E-state index contributed by atoms with van der Waals surface area (Å²) in [7, 11) is 0. The molecule has 0 atom stereocenters. The lowest BCUT2D eigenvalue weighted by molar-refractivity contribution is -0.114. The molecule has 0 bridgehead atoms. The van der Waals surface area contributed by atoms with Crippen LogP contribution in [0.2, 0.25) is 0 Å². The van der Waals surface area contributed by atoms with Gasteiger partial charge >= 0.3 is 0 Å². The molecule has 1 N–H and O–H groups in total. The monoisotopic (exact) mass is 227 g/mol. The number of rotatable bonds is 2. The summed E-state index contributed by atoms with van der Waals surface area (Å²) in [5.41, 5.74) is 3.00. The molecule has 86 valence electrons. The van der Waals surface area contributed by atoms with Crippen molar-refractivity contribution < 1.29 is 4.79 Å². The van der Waals surface area contributed by atoms with Crippen LogP contribution in [0.25, 0.3) is 11.3 Å². The molecule has 4 heteroatoms. The van der Waals surface area contributed by atoms with Gasteiger partial charge in [0.25, 0.3) is 0 Å². The van der Waals surface area contributed by atoms with Gasteiger partial charge in [-0.05, 0) is 24.6 Å². The zero-order valence-corrected chi connectivity index (χ0v) is 9.77. The van der Waals surface area contributed by atoms with Crippen LogP contribution in [0.15, 0.2) is 36.4 Å². The fourth-order valence-corrected chi connectivity index (χ4v) is 1.58. The molecule has 0 aliphatic heterocycles. The van der Waals surface area contributed by atoms with Crippen molar-refractivity contribution >= 4 is 11.7 Å². The van der Waals surface area contributed by atoms with Gasteiger partial charge in [-0.25, -0.2) is 0 Å². The van der Waals surface area contributed by atoms with Gasteiger partial charge in [-0.15, -0.1) is 10.2 Å². The number of aromatic nitrogens is 2. The molecule has 0 unspecified atom stereocenters. The molecule has 1 aromatic heterocycles. The molecule has 2 aromatic rings. The van der Waals surface area contributed by atoms with E-state index in [0.29, 0.717) is 5.82 Å². The third kappa shape index (κ3) is 2.66.